The number of carboxylic acids is 1. The predicted octanol–water partition coefficient (Wildman–Crippen LogP) is 1.01. The van der Waals surface area contributed by atoms with Crippen LogP contribution in [0.3, 0.4) is 0 Å². The third-order valence-electron chi connectivity index (χ3n) is 6.42. The number of hydrogen-bond donors (Lipinski definition) is 4. The zero-order valence-electron chi connectivity index (χ0n) is 20.4. The third-order valence-corrected chi connectivity index (χ3v) is 8.39. The largest absolute Gasteiger partial charge is 0.495 e. The molecule has 5 rings (SSSR count). The van der Waals surface area contributed by atoms with Crippen LogP contribution in [0.15, 0.2) is 57.7 Å². The molecule has 13 nitrogen and oxygen atoms in total. The molecule has 0 unspecified atom stereocenters. The van der Waals surface area contributed by atoms with Gasteiger partial charge in [0.25, 0.3) is 17.7 Å². The number of thiazole rings is 1. The molecule has 2 saturated heterocycles. The molecular formula is C24H22N6O7S2. The van der Waals surface area contributed by atoms with Crippen molar-refractivity contribution < 1.29 is 34.2 Å². The van der Waals surface area contributed by atoms with Gasteiger partial charge >= 0.3 is 5.97 Å². The smallest absolute Gasteiger partial charge is 0.352 e. The Bertz CT molecular complexity index is 1480. The van der Waals surface area contributed by atoms with Gasteiger partial charge in [-0.2, -0.15) is 0 Å². The fourth-order valence-corrected chi connectivity index (χ4v) is 6.47. The SMILES string of the molecule is COc1ccccc1N1CCC(=CC2=C(C(=O)O)N3C(=O)[C@@H](NC(=O)C(=NO)c4csc(N)n4)[C@H]3SC2)C1=O. The van der Waals surface area contributed by atoms with E-state index in [1.54, 1.807) is 29.2 Å². The summed E-state index contributed by atoms with van der Waals surface area (Å²) in [6.45, 7) is 0.395. The van der Waals surface area contributed by atoms with Crippen molar-refractivity contribution in [3.63, 3.8) is 0 Å². The summed E-state index contributed by atoms with van der Waals surface area (Å²) in [5, 5.41) is 25.6. The molecule has 0 radical (unpaired) electrons. The fourth-order valence-electron chi connectivity index (χ4n) is 4.61. The zero-order valence-corrected chi connectivity index (χ0v) is 22.0. The molecule has 3 aliphatic rings. The minimum absolute atomic E-state index is 0.0425. The molecule has 1 aromatic carbocycles. The molecule has 0 bridgehead atoms. The Morgan fingerprint density at radius 2 is 2.08 bits per heavy atom. The average molecular weight is 571 g/mol. The summed E-state index contributed by atoms with van der Waals surface area (Å²) >= 11 is 2.29. The normalized spacial score (nSPS) is 22.2. The lowest BCUT2D eigenvalue weighted by Gasteiger charge is -2.49. The van der Waals surface area contributed by atoms with Crippen molar-refractivity contribution >= 4 is 63.3 Å². The van der Waals surface area contributed by atoms with Gasteiger partial charge in [0, 0.05) is 23.3 Å². The van der Waals surface area contributed by atoms with Crippen LogP contribution in [0.25, 0.3) is 0 Å². The summed E-state index contributed by atoms with van der Waals surface area (Å²) in [6, 6.07) is 6.06. The number of benzene rings is 1. The van der Waals surface area contributed by atoms with Crippen molar-refractivity contribution in [2.75, 3.05) is 30.0 Å². The topological polar surface area (TPSA) is 188 Å². The number of nitrogen functional groups attached to an aromatic ring is 1. The number of carbonyl (C=O) groups excluding carboxylic acids is 3. The maximum atomic E-state index is 13.2. The van der Waals surface area contributed by atoms with Crippen LogP contribution in [0.4, 0.5) is 10.8 Å². The maximum absolute atomic E-state index is 13.2. The number of carboxylic acid groups (broad SMARTS) is 1. The number of aliphatic carboxylic acids is 1. The number of aromatic nitrogens is 1. The lowest BCUT2D eigenvalue weighted by atomic mass is 10.0. The van der Waals surface area contributed by atoms with Gasteiger partial charge in [-0.1, -0.05) is 17.3 Å². The molecule has 202 valence electrons. The van der Waals surface area contributed by atoms with E-state index in [0.29, 0.717) is 35.5 Å². The molecule has 2 aromatic rings. The van der Waals surface area contributed by atoms with Crippen molar-refractivity contribution in [3.05, 3.63) is 58.3 Å². The number of allylic oxidation sites excluding steroid dienone is 1. The van der Waals surface area contributed by atoms with Crippen LogP contribution < -0.4 is 20.7 Å². The van der Waals surface area contributed by atoms with Gasteiger partial charge < -0.3 is 31.0 Å². The van der Waals surface area contributed by atoms with E-state index in [1.807, 2.05) is 0 Å². The number of amides is 3. The zero-order chi connectivity index (χ0) is 27.8. The van der Waals surface area contributed by atoms with Gasteiger partial charge in [-0.05, 0) is 30.2 Å². The molecule has 0 spiro atoms. The van der Waals surface area contributed by atoms with E-state index in [-0.39, 0.29) is 28.2 Å². The van der Waals surface area contributed by atoms with Crippen LogP contribution in [-0.2, 0) is 19.2 Å². The average Bonchev–Trinajstić information content (AvgIpc) is 3.52. The van der Waals surface area contributed by atoms with E-state index in [2.05, 4.69) is 15.5 Å². The van der Waals surface area contributed by atoms with Gasteiger partial charge in [0.1, 0.15) is 28.6 Å². The number of thioether (sulfide) groups is 1. The number of nitrogens with one attached hydrogen (secondary N) is 1. The Kier molecular flexibility index (Phi) is 7.01. The van der Waals surface area contributed by atoms with E-state index in [4.69, 9.17) is 10.5 Å². The lowest BCUT2D eigenvalue weighted by Crippen LogP contribution is -2.71. The first kappa shape index (κ1) is 26.2. The molecule has 3 aliphatic heterocycles. The Labute approximate surface area is 229 Å². The molecule has 5 N–H and O–H groups in total. The van der Waals surface area contributed by atoms with Crippen molar-refractivity contribution in [3.8, 4) is 5.75 Å². The van der Waals surface area contributed by atoms with E-state index in [1.165, 1.54) is 30.3 Å². The van der Waals surface area contributed by atoms with Crippen LogP contribution in [0.2, 0.25) is 0 Å². The second-order valence-corrected chi connectivity index (χ2v) is 10.6. The number of anilines is 2. The highest BCUT2D eigenvalue weighted by molar-refractivity contribution is 8.00. The third kappa shape index (κ3) is 4.59. The minimum atomic E-state index is -1.33. The van der Waals surface area contributed by atoms with E-state index < -0.39 is 34.9 Å². The number of ether oxygens (including phenoxy) is 1. The van der Waals surface area contributed by atoms with Crippen molar-refractivity contribution in [2.45, 2.75) is 17.8 Å². The summed E-state index contributed by atoms with van der Waals surface area (Å²) in [6.07, 6.45) is 1.92. The Morgan fingerprint density at radius 3 is 2.74 bits per heavy atom. The highest BCUT2D eigenvalue weighted by Gasteiger charge is 2.54. The van der Waals surface area contributed by atoms with E-state index >= 15 is 0 Å². The quantitative estimate of drug-likeness (QED) is 0.123. The summed E-state index contributed by atoms with van der Waals surface area (Å²) in [4.78, 5) is 57.7. The summed E-state index contributed by atoms with van der Waals surface area (Å²) in [5.74, 6) is -2.37. The van der Waals surface area contributed by atoms with Gasteiger partial charge in [-0.25, -0.2) is 9.78 Å². The van der Waals surface area contributed by atoms with E-state index in [9.17, 15) is 29.5 Å². The standard InChI is InChI=1S/C24H22N6O7S2/c1-37-15-5-3-2-4-14(15)29-7-6-11(20(29)32)8-12-9-38-22-17(21(33)30(22)18(12)23(34)35)27-19(31)16(28-36)13-10-39-24(25)26-13/h2-5,8,10,17,22,36H,6-7,9H2,1H3,(H2,25,26)(H,27,31)(H,34,35)/t17-,22-/m1/s1. The summed E-state index contributed by atoms with van der Waals surface area (Å²) < 4.78 is 5.36. The number of nitrogens with zero attached hydrogens (tertiary/aromatic N) is 4. The van der Waals surface area contributed by atoms with Gasteiger partial charge in [0.2, 0.25) is 0 Å². The number of fused-ring (bicyclic) bond motifs is 1. The van der Waals surface area contributed by atoms with Crippen molar-refractivity contribution in [2.24, 2.45) is 5.16 Å². The number of nitrogens with two attached hydrogens (primary N) is 1. The molecule has 0 aliphatic carbocycles. The fraction of sp³-hybridized carbons (Fsp3) is 0.250. The number of para-hydroxylation sites is 2. The molecule has 2 atom stereocenters. The highest BCUT2D eigenvalue weighted by atomic mass is 32.2. The molecule has 39 heavy (non-hydrogen) atoms. The Morgan fingerprint density at radius 1 is 1.31 bits per heavy atom. The lowest BCUT2D eigenvalue weighted by molar-refractivity contribution is -0.150. The molecule has 1 aromatic heterocycles. The van der Waals surface area contributed by atoms with Gasteiger partial charge in [0.05, 0.1) is 12.8 Å². The first-order chi connectivity index (χ1) is 18.7. The summed E-state index contributed by atoms with van der Waals surface area (Å²) in [5.41, 5.74) is 6.30. The van der Waals surface area contributed by atoms with Crippen LogP contribution in [0, 0.1) is 0 Å². The van der Waals surface area contributed by atoms with Crippen molar-refractivity contribution in [1.82, 2.24) is 15.2 Å². The predicted molar refractivity (Wildman–Crippen MR) is 143 cm³/mol. The highest BCUT2D eigenvalue weighted by Crippen LogP contribution is 2.42. The van der Waals surface area contributed by atoms with Gasteiger partial charge in [-0.3, -0.25) is 19.3 Å². The Hall–Kier alpha value is -4.37. The first-order valence-electron chi connectivity index (χ1n) is 11.6. The Balaban J connectivity index is 1.36. The number of rotatable bonds is 7. The van der Waals surface area contributed by atoms with Crippen LogP contribution in [-0.4, -0.2) is 80.4 Å². The number of hydrogen-bond acceptors (Lipinski definition) is 11. The van der Waals surface area contributed by atoms with Gasteiger partial charge in [-0.15, -0.1) is 23.1 Å². The van der Waals surface area contributed by atoms with Crippen molar-refractivity contribution in [1.29, 1.82) is 0 Å². The number of β-lactam (4-membered cyclic amide) rings is 1. The van der Waals surface area contributed by atoms with E-state index in [0.717, 1.165) is 16.2 Å². The van der Waals surface area contributed by atoms with Crippen LogP contribution in [0.5, 0.6) is 5.75 Å². The van der Waals surface area contributed by atoms with Gasteiger partial charge in [0.15, 0.2) is 10.8 Å². The second kappa shape index (κ2) is 10.4. The molecule has 2 fully saturated rings. The number of carbonyl (C=O) groups is 4. The molecule has 15 heteroatoms. The monoisotopic (exact) mass is 570 g/mol. The minimum Gasteiger partial charge on any atom is -0.495 e. The first-order valence-corrected chi connectivity index (χ1v) is 13.5. The van der Waals surface area contributed by atoms with Crippen LogP contribution >= 0.6 is 23.1 Å². The number of methoxy groups -OCH3 is 1. The summed E-state index contributed by atoms with van der Waals surface area (Å²) in [7, 11) is 1.52. The molecule has 3 amide bonds. The molecular weight excluding hydrogens is 548 g/mol. The second-order valence-electron chi connectivity index (χ2n) is 8.61. The maximum Gasteiger partial charge on any atom is 0.352 e. The number of oxime groups is 1. The van der Waals surface area contributed by atoms with Crippen LogP contribution in [0.1, 0.15) is 12.1 Å². The molecule has 0 saturated carbocycles. The molecule has 4 heterocycles.